The first kappa shape index (κ1) is 32.6. The number of anilines is 2. The summed E-state index contributed by atoms with van der Waals surface area (Å²) in [5.41, 5.74) is 4.67. The van der Waals surface area contributed by atoms with Crippen molar-refractivity contribution in [1.82, 2.24) is 0 Å². The van der Waals surface area contributed by atoms with Crippen LogP contribution in [0.3, 0.4) is 0 Å². The first-order valence-electron chi connectivity index (χ1n) is 20.6. The van der Waals surface area contributed by atoms with Gasteiger partial charge in [0.25, 0.3) is 0 Å². The largest absolute Gasteiger partial charge is 0.326 e. The molecule has 2 N–H and O–H groups in total. The second kappa shape index (κ2) is 12.3. The van der Waals surface area contributed by atoms with Crippen LogP contribution in [0, 0.1) is 46.3 Å². The SMILES string of the molecule is O=C(Nc1ccc2/c(c1)=C(c1ccccc1)\N=c1/ccc(NC(=O)C34CC5CC(CC(C5)C3)C4)c/c1=C(c1ccccc1)/N=2)C12CC3CC(CC(C3)C1)C2. The molecule has 4 aromatic carbocycles. The number of carbonyl (C=O) groups excluding carboxylic acids is 2. The third kappa shape index (κ3) is 5.50. The van der Waals surface area contributed by atoms with Gasteiger partial charge in [-0.25, -0.2) is 9.98 Å². The predicted octanol–water partition coefficient (Wildman–Crippen LogP) is 7.26. The first-order chi connectivity index (χ1) is 26.4. The van der Waals surface area contributed by atoms with Crippen LogP contribution in [0.2, 0.25) is 0 Å². The van der Waals surface area contributed by atoms with Gasteiger partial charge in [0, 0.05) is 32.9 Å². The van der Waals surface area contributed by atoms with Crippen molar-refractivity contribution in [2.75, 3.05) is 10.6 Å². The highest BCUT2D eigenvalue weighted by Gasteiger charge is 2.55. The van der Waals surface area contributed by atoms with Gasteiger partial charge in [-0.1, -0.05) is 60.7 Å². The summed E-state index contributed by atoms with van der Waals surface area (Å²) in [6, 6.07) is 32.8. The van der Waals surface area contributed by atoms with E-state index in [2.05, 4.69) is 47.0 Å². The lowest BCUT2D eigenvalue weighted by Gasteiger charge is -2.55. The smallest absolute Gasteiger partial charge is 0.230 e. The summed E-state index contributed by atoms with van der Waals surface area (Å²) in [6.45, 7) is 0. The van der Waals surface area contributed by atoms with Crippen LogP contribution in [-0.4, -0.2) is 11.8 Å². The van der Waals surface area contributed by atoms with E-state index in [1.807, 2.05) is 60.7 Å². The molecule has 54 heavy (non-hydrogen) atoms. The second-order valence-electron chi connectivity index (χ2n) is 18.4. The minimum absolute atomic E-state index is 0.188. The molecule has 13 rings (SSSR count). The molecule has 1 heterocycles. The number of amides is 2. The summed E-state index contributed by atoms with van der Waals surface area (Å²) in [5, 5.41) is 10.2. The van der Waals surface area contributed by atoms with E-state index in [-0.39, 0.29) is 22.6 Å². The molecule has 0 atom stereocenters. The van der Waals surface area contributed by atoms with Crippen molar-refractivity contribution < 1.29 is 9.59 Å². The van der Waals surface area contributed by atoms with Crippen LogP contribution in [0.15, 0.2) is 107 Å². The van der Waals surface area contributed by atoms with Gasteiger partial charge in [0.1, 0.15) is 0 Å². The Hall–Kier alpha value is -4.84. The van der Waals surface area contributed by atoms with E-state index < -0.39 is 0 Å². The van der Waals surface area contributed by atoms with Crippen molar-refractivity contribution in [3.8, 4) is 0 Å². The Kier molecular flexibility index (Phi) is 7.45. The molecule has 2 amide bonds. The quantitative estimate of drug-likeness (QED) is 0.221. The van der Waals surface area contributed by atoms with Crippen LogP contribution in [-0.2, 0) is 9.59 Å². The highest BCUT2D eigenvalue weighted by atomic mass is 16.2. The van der Waals surface area contributed by atoms with Crippen LogP contribution in [0.4, 0.5) is 11.4 Å². The predicted molar refractivity (Wildman–Crippen MR) is 211 cm³/mol. The maximum absolute atomic E-state index is 14.2. The monoisotopic (exact) mass is 712 g/mol. The second-order valence-corrected chi connectivity index (χ2v) is 18.4. The fraction of sp³-hybridized carbons (Fsp3) is 0.417. The topological polar surface area (TPSA) is 82.9 Å². The van der Waals surface area contributed by atoms with Crippen molar-refractivity contribution in [3.63, 3.8) is 0 Å². The van der Waals surface area contributed by atoms with Crippen molar-refractivity contribution in [2.24, 2.45) is 56.3 Å². The van der Waals surface area contributed by atoms with Gasteiger partial charge in [-0.2, -0.15) is 0 Å². The van der Waals surface area contributed by atoms with E-state index in [1.54, 1.807) is 0 Å². The number of benzene rings is 4. The zero-order valence-corrected chi connectivity index (χ0v) is 30.9. The number of fused-ring (bicyclic) bond motifs is 2. The Morgan fingerprint density at radius 2 is 0.796 bits per heavy atom. The number of hydrogen-bond donors (Lipinski definition) is 2. The van der Waals surface area contributed by atoms with Crippen LogP contribution >= 0.6 is 0 Å². The molecule has 6 heteroatoms. The zero-order valence-electron chi connectivity index (χ0n) is 30.9. The molecule has 0 aromatic heterocycles. The van der Waals surface area contributed by atoms with Gasteiger partial charge >= 0.3 is 0 Å². The zero-order chi connectivity index (χ0) is 36.0. The van der Waals surface area contributed by atoms with E-state index in [0.717, 1.165) is 93.6 Å². The molecule has 272 valence electrons. The summed E-state index contributed by atoms with van der Waals surface area (Å²) >= 11 is 0. The molecule has 0 radical (unpaired) electrons. The highest BCUT2D eigenvalue weighted by molar-refractivity contribution is 5.96. The average Bonchev–Trinajstić information content (AvgIpc) is 3.16. The fourth-order valence-electron chi connectivity index (χ4n) is 13.1. The van der Waals surface area contributed by atoms with Crippen LogP contribution in [0.25, 0.3) is 11.4 Å². The van der Waals surface area contributed by atoms with E-state index in [0.29, 0.717) is 35.5 Å². The minimum Gasteiger partial charge on any atom is -0.326 e. The Bertz CT molecular complexity index is 2210. The Morgan fingerprint density at radius 3 is 1.13 bits per heavy atom. The lowest BCUT2D eigenvalue weighted by atomic mass is 9.49. The highest BCUT2D eigenvalue weighted by Crippen LogP contribution is 2.61. The molecule has 8 saturated carbocycles. The molecule has 0 spiro atoms. The molecule has 1 aliphatic heterocycles. The number of nitrogens with zero attached hydrogens (tertiary/aromatic N) is 2. The van der Waals surface area contributed by atoms with Crippen LogP contribution in [0.5, 0.6) is 0 Å². The Balaban J connectivity index is 1.03. The van der Waals surface area contributed by atoms with Gasteiger partial charge in [0.2, 0.25) is 11.8 Å². The van der Waals surface area contributed by atoms with Gasteiger partial charge in [0.05, 0.1) is 32.9 Å². The van der Waals surface area contributed by atoms with Gasteiger partial charge < -0.3 is 10.6 Å². The van der Waals surface area contributed by atoms with E-state index in [9.17, 15) is 9.59 Å². The van der Waals surface area contributed by atoms with Gasteiger partial charge in [-0.05, 0) is 149 Å². The normalized spacial score (nSPS) is 35.7. The molecule has 8 aliphatic carbocycles. The molecular weight excluding hydrogens is 665 g/mol. The molecule has 4 aromatic rings. The summed E-state index contributed by atoms with van der Waals surface area (Å²) in [5.74, 6) is 4.58. The molecular formula is C48H48N4O2. The van der Waals surface area contributed by atoms with Crippen LogP contribution in [0.1, 0.15) is 88.2 Å². The van der Waals surface area contributed by atoms with E-state index in [4.69, 9.17) is 9.98 Å². The number of hydrogen-bond acceptors (Lipinski definition) is 4. The van der Waals surface area contributed by atoms with Crippen molar-refractivity contribution in [3.05, 3.63) is 129 Å². The van der Waals surface area contributed by atoms with Crippen molar-refractivity contribution in [2.45, 2.75) is 77.0 Å². The van der Waals surface area contributed by atoms with Gasteiger partial charge in [-0.15, -0.1) is 0 Å². The summed E-state index contributed by atoms with van der Waals surface area (Å²) in [7, 11) is 0. The molecule has 0 unspecified atom stereocenters. The number of carbonyl (C=O) groups is 2. The van der Waals surface area contributed by atoms with Gasteiger partial charge in [-0.3, -0.25) is 9.59 Å². The Labute approximate surface area is 316 Å². The third-order valence-corrected chi connectivity index (χ3v) is 14.6. The summed E-state index contributed by atoms with van der Waals surface area (Å²) in [4.78, 5) is 39.3. The van der Waals surface area contributed by atoms with Crippen molar-refractivity contribution in [1.29, 1.82) is 0 Å². The van der Waals surface area contributed by atoms with Gasteiger partial charge in [0.15, 0.2) is 0 Å². The molecule has 6 nitrogen and oxygen atoms in total. The third-order valence-electron chi connectivity index (χ3n) is 14.6. The van der Waals surface area contributed by atoms with E-state index >= 15 is 0 Å². The Morgan fingerprint density at radius 1 is 0.463 bits per heavy atom. The molecule has 9 aliphatic rings. The standard InChI is InChI=1S/C48H48N4O2/c53-45(47-23-29-15-30(24-47)17-31(16-29)25-47)49-37-11-13-41-39(21-37)43(35-7-3-1-4-8-35)51-42-14-12-38(22-40(42)44(52-41)36-9-5-2-6-10-36)50-46(54)48-26-32-18-33(27-48)20-34(19-32)28-48/h1-14,21-22,29-34H,15-20,23-28H2,(H,49,53)(H,50,54)/b43-39-,44-40-,51-42+,51-43?,52-41+,52-44?. The van der Waals surface area contributed by atoms with Crippen LogP contribution < -0.4 is 31.8 Å². The maximum atomic E-state index is 14.2. The molecule has 8 fully saturated rings. The van der Waals surface area contributed by atoms with E-state index in [1.165, 1.54) is 38.5 Å². The summed E-state index contributed by atoms with van der Waals surface area (Å²) < 4.78 is 0. The lowest BCUT2D eigenvalue weighted by molar-refractivity contribution is -0.141. The fourth-order valence-corrected chi connectivity index (χ4v) is 13.1. The number of rotatable bonds is 6. The molecule has 0 saturated heterocycles. The first-order valence-corrected chi connectivity index (χ1v) is 20.6. The molecule has 8 bridgehead atoms. The number of nitrogens with one attached hydrogen (secondary N) is 2. The lowest BCUT2D eigenvalue weighted by Crippen LogP contribution is -2.51. The minimum atomic E-state index is -0.240. The van der Waals surface area contributed by atoms with Crippen molar-refractivity contribution >= 4 is 34.6 Å². The average molecular weight is 713 g/mol. The maximum Gasteiger partial charge on any atom is 0.230 e. The summed E-state index contributed by atoms with van der Waals surface area (Å²) in [6.07, 6.45) is 14.0.